The van der Waals surface area contributed by atoms with Gasteiger partial charge in [-0.15, -0.1) is 5.10 Å². The highest BCUT2D eigenvalue weighted by Crippen LogP contribution is 2.22. The average molecular weight is 265 g/mol. The Morgan fingerprint density at radius 2 is 2.22 bits per heavy atom. The van der Waals surface area contributed by atoms with E-state index in [1.807, 2.05) is 39.3 Å². The zero-order chi connectivity index (χ0) is 13.1. The number of aromatic nitrogens is 3. The molecule has 96 valence electrons. The molecule has 1 heterocycles. The van der Waals surface area contributed by atoms with Crippen LogP contribution in [0.3, 0.4) is 0 Å². The van der Waals surface area contributed by atoms with Crippen LogP contribution in [0.1, 0.15) is 22.9 Å². The summed E-state index contributed by atoms with van der Waals surface area (Å²) in [4.78, 5) is 0. The summed E-state index contributed by atoms with van der Waals surface area (Å²) in [6, 6.07) is 6.32. The summed E-state index contributed by atoms with van der Waals surface area (Å²) < 4.78 is 1.72. The second kappa shape index (κ2) is 5.50. The molecule has 5 heteroatoms. The number of benzene rings is 1. The quantitative estimate of drug-likeness (QED) is 0.921. The monoisotopic (exact) mass is 264 g/mol. The van der Waals surface area contributed by atoms with Gasteiger partial charge in [-0.25, -0.2) is 0 Å². The van der Waals surface area contributed by atoms with Crippen molar-refractivity contribution >= 4 is 11.6 Å². The lowest BCUT2D eigenvalue weighted by atomic mass is 10.0. The third-order valence-corrected chi connectivity index (χ3v) is 3.42. The van der Waals surface area contributed by atoms with Crippen LogP contribution >= 0.6 is 11.6 Å². The molecule has 1 aromatic heterocycles. The Balaban J connectivity index is 2.19. The van der Waals surface area contributed by atoms with Crippen LogP contribution in [0.15, 0.2) is 24.4 Å². The summed E-state index contributed by atoms with van der Waals surface area (Å²) in [7, 11) is 3.82. The third kappa shape index (κ3) is 2.89. The number of halogens is 1. The molecule has 1 N–H and O–H groups in total. The van der Waals surface area contributed by atoms with Crippen molar-refractivity contribution in [3.63, 3.8) is 0 Å². The lowest BCUT2D eigenvalue weighted by molar-refractivity contribution is 0.583. The first kappa shape index (κ1) is 13.1. The van der Waals surface area contributed by atoms with E-state index in [4.69, 9.17) is 11.6 Å². The first-order valence-corrected chi connectivity index (χ1v) is 6.26. The van der Waals surface area contributed by atoms with E-state index in [1.54, 1.807) is 4.68 Å². The molecule has 1 atom stereocenters. The fraction of sp³-hybridized carbons (Fsp3) is 0.385. The van der Waals surface area contributed by atoms with Crippen molar-refractivity contribution in [2.24, 2.45) is 7.05 Å². The van der Waals surface area contributed by atoms with E-state index < -0.39 is 0 Å². The highest BCUT2D eigenvalue weighted by molar-refractivity contribution is 6.31. The molecule has 0 aliphatic rings. The average Bonchev–Trinajstić information content (AvgIpc) is 2.75. The first-order valence-electron chi connectivity index (χ1n) is 5.88. The Labute approximate surface area is 112 Å². The highest BCUT2D eigenvalue weighted by Gasteiger charge is 2.13. The maximum atomic E-state index is 6.05. The fourth-order valence-corrected chi connectivity index (χ4v) is 2.09. The molecule has 4 nitrogen and oxygen atoms in total. The second-order valence-electron chi connectivity index (χ2n) is 4.44. The van der Waals surface area contributed by atoms with Crippen LogP contribution in [0, 0.1) is 6.92 Å². The number of aryl methyl sites for hydroxylation is 2. The molecule has 1 aromatic carbocycles. The summed E-state index contributed by atoms with van der Waals surface area (Å²) in [6.07, 6.45) is 2.75. The molecule has 1 unspecified atom stereocenters. The Kier molecular flexibility index (Phi) is 3.99. The van der Waals surface area contributed by atoms with Crippen molar-refractivity contribution in [1.82, 2.24) is 20.3 Å². The lowest BCUT2D eigenvalue weighted by Gasteiger charge is -2.16. The molecule has 0 amide bonds. The first-order chi connectivity index (χ1) is 8.60. The molecule has 0 saturated carbocycles. The van der Waals surface area contributed by atoms with E-state index in [9.17, 15) is 0 Å². The van der Waals surface area contributed by atoms with Gasteiger partial charge in [0.2, 0.25) is 0 Å². The normalized spacial score (nSPS) is 12.7. The van der Waals surface area contributed by atoms with Crippen LogP contribution < -0.4 is 5.32 Å². The summed E-state index contributed by atoms with van der Waals surface area (Å²) >= 11 is 6.05. The van der Waals surface area contributed by atoms with E-state index >= 15 is 0 Å². The molecular formula is C13H17ClN4. The standard InChI is InChI=1S/C13H17ClN4/c1-9-6-10(4-5-12(9)14)13(15-2)7-11-8-18(3)17-16-11/h4-6,8,13,15H,7H2,1-3H3. The van der Waals surface area contributed by atoms with Gasteiger partial charge in [-0.05, 0) is 31.2 Å². The van der Waals surface area contributed by atoms with Crippen molar-refractivity contribution < 1.29 is 0 Å². The molecule has 0 bridgehead atoms. The molecule has 0 aliphatic carbocycles. The molecule has 0 saturated heterocycles. The van der Waals surface area contributed by atoms with E-state index in [-0.39, 0.29) is 6.04 Å². The SMILES string of the molecule is CNC(Cc1cn(C)nn1)c1ccc(Cl)c(C)c1. The molecule has 0 aliphatic heterocycles. The van der Waals surface area contributed by atoms with Crippen LogP contribution in [0.25, 0.3) is 0 Å². The molecule has 18 heavy (non-hydrogen) atoms. The predicted octanol–water partition coefficient (Wildman–Crippen LogP) is 2.28. The van der Waals surface area contributed by atoms with Crippen LogP contribution in [0.4, 0.5) is 0 Å². The van der Waals surface area contributed by atoms with Crippen molar-refractivity contribution in [3.05, 3.63) is 46.2 Å². The number of nitrogens with one attached hydrogen (secondary N) is 1. The van der Waals surface area contributed by atoms with Gasteiger partial charge in [0.15, 0.2) is 0 Å². The highest BCUT2D eigenvalue weighted by atomic mass is 35.5. The van der Waals surface area contributed by atoms with Gasteiger partial charge in [0.25, 0.3) is 0 Å². The number of likely N-dealkylation sites (N-methyl/N-ethyl adjacent to an activating group) is 1. The van der Waals surface area contributed by atoms with Gasteiger partial charge in [0.05, 0.1) is 5.69 Å². The van der Waals surface area contributed by atoms with Gasteiger partial charge in [0.1, 0.15) is 0 Å². The number of hydrogen-bond acceptors (Lipinski definition) is 3. The van der Waals surface area contributed by atoms with Crippen molar-refractivity contribution in [1.29, 1.82) is 0 Å². The summed E-state index contributed by atoms with van der Waals surface area (Å²) in [6.45, 7) is 2.01. The van der Waals surface area contributed by atoms with Crippen LogP contribution in [-0.2, 0) is 13.5 Å². The summed E-state index contributed by atoms with van der Waals surface area (Å²) in [5.41, 5.74) is 3.28. The second-order valence-corrected chi connectivity index (χ2v) is 4.84. The molecule has 0 radical (unpaired) electrons. The Hall–Kier alpha value is -1.39. The lowest BCUT2D eigenvalue weighted by Crippen LogP contribution is -2.19. The van der Waals surface area contributed by atoms with E-state index in [1.165, 1.54) is 5.56 Å². The van der Waals surface area contributed by atoms with Crippen LogP contribution in [0.2, 0.25) is 5.02 Å². The Bertz CT molecular complexity index is 536. The topological polar surface area (TPSA) is 42.7 Å². The third-order valence-electron chi connectivity index (χ3n) is 3.00. The van der Waals surface area contributed by atoms with Crippen LogP contribution in [-0.4, -0.2) is 22.0 Å². The van der Waals surface area contributed by atoms with Gasteiger partial charge in [-0.2, -0.15) is 0 Å². The predicted molar refractivity (Wildman–Crippen MR) is 72.7 cm³/mol. The maximum absolute atomic E-state index is 6.05. The number of hydrogen-bond donors (Lipinski definition) is 1. The van der Waals surface area contributed by atoms with E-state index in [0.29, 0.717) is 0 Å². The summed E-state index contributed by atoms with van der Waals surface area (Å²) in [5.74, 6) is 0. The maximum Gasteiger partial charge on any atom is 0.0845 e. The van der Waals surface area contributed by atoms with Gasteiger partial charge in [0, 0.05) is 30.7 Å². The fourth-order valence-electron chi connectivity index (χ4n) is 1.97. The molecule has 2 rings (SSSR count). The molecule has 0 spiro atoms. The molecule has 0 fully saturated rings. The van der Waals surface area contributed by atoms with Gasteiger partial charge < -0.3 is 5.32 Å². The van der Waals surface area contributed by atoms with E-state index in [0.717, 1.165) is 22.7 Å². The number of rotatable bonds is 4. The largest absolute Gasteiger partial charge is 0.313 e. The zero-order valence-electron chi connectivity index (χ0n) is 10.8. The van der Waals surface area contributed by atoms with Crippen molar-refractivity contribution in [3.8, 4) is 0 Å². The minimum absolute atomic E-state index is 0.220. The minimum atomic E-state index is 0.220. The molecule has 2 aromatic rings. The van der Waals surface area contributed by atoms with Crippen LogP contribution in [0.5, 0.6) is 0 Å². The number of nitrogens with zero attached hydrogens (tertiary/aromatic N) is 3. The summed E-state index contributed by atoms with van der Waals surface area (Å²) in [5, 5.41) is 12.2. The molecular weight excluding hydrogens is 248 g/mol. The zero-order valence-corrected chi connectivity index (χ0v) is 11.6. The Morgan fingerprint density at radius 1 is 1.44 bits per heavy atom. The Morgan fingerprint density at radius 3 is 2.78 bits per heavy atom. The van der Waals surface area contributed by atoms with E-state index in [2.05, 4.69) is 21.7 Å². The minimum Gasteiger partial charge on any atom is -0.313 e. The van der Waals surface area contributed by atoms with Crippen molar-refractivity contribution in [2.45, 2.75) is 19.4 Å². The van der Waals surface area contributed by atoms with Gasteiger partial charge in [-0.3, -0.25) is 4.68 Å². The van der Waals surface area contributed by atoms with Gasteiger partial charge >= 0.3 is 0 Å². The van der Waals surface area contributed by atoms with Crippen molar-refractivity contribution in [2.75, 3.05) is 7.05 Å². The smallest absolute Gasteiger partial charge is 0.0845 e. The van der Waals surface area contributed by atoms with Gasteiger partial charge in [-0.1, -0.05) is 28.9 Å².